The van der Waals surface area contributed by atoms with E-state index < -0.39 is 15.6 Å². The topological polar surface area (TPSA) is 57.2 Å². The maximum atomic E-state index is 10.7. The highest BCUT2D eigenvalue weighted by atomic mass is 127. The van der Waals surface area contributed by atoms with Gasteiger partial charge in [-0.3, -0.25) is 0 Å². The Kier molecular flexibility index (Phi) is 7.59. The minimum atomic E-state index is -6.09. The Balaban J connectivity index is 0.000000284. The molecule has 3 nitrogen and oxygen atoms in total. The summed E-state index contributed by atoms with van der Waals surface area (Å²) in [5.74, 6) is 0. The number of alkyl halides is 3. The minimum absolute atomic E-state index is 0.114. The van der Waals surface area contributed by atoms with Gasteiger partial charge in [-0.05, 0) is 48.5 Å². The number of hydrogen-bond acceptors (Lipinski definition) is 3. The molecule has 0 N–H and O–H groups in total. The summed E-state index contributed by atoms with van der Waals surface area (Å²) < 4.78 is 61.6. The molecule has 0 heterocycles. The molecular weight excluding hydrogens is 491 g/mol. The average Bonchev–Trinajstić information content (AvgIpc) is 2.42. The van der Waals surface area contributed by atoms with Crippen LogP contribution in [0.2, 0.25) is 10.0 Å². The first-order valence-corrected chi connectivity index (χ1v) is 9.99. The molecule has 0 unspecified atom stereocenters. The van der Waals surface area contributed by atoms with Crippen LogP contribution in [0.4, 0.5) is 13.2 Å². The predicted molar refractivity (Wildman–Crippen MR) is 76.1 cm³/mol. The van der Waals surface area contributed by atoms with E-state index in [2.05, 4.69) is 24.3 Å². The summed E-state index contributed by atoms with van der Waals surface area (Å²) in [5, 5.41) is 1.58. The number of halogens is 6. The second-order valence-electron chi connectivity index (χ2n) is 3.87. The van der Waals surface area contributed by atoms with Crippen LogP contribution < -0.4 is 21.2 Å². The number of hydrogen-bond donors (Lipinski definition) is 0. The fraction of sp³-hybridized carbons (Fsp3) is 0.0769. The van der Waals surface area contributed by atoms with Gasteiger partial charge in [-0.25, -0.2) is 8.42 Å². The van der Waals surface area contributed by atoms with Crippen LogP contribution in [0.5, 0.6) is 0 Å². The first-order valence-electron chi connectivity index (χ1n) is 5.67. The van der Waals surface area contributed by atoms with Crippen LogP contribution in [0.1, 0.15) is 0 Å². The average molecular weight is 499 g/mol. The zero-order chi connectivity index (χ0) is 17.7. The van der Waals surface area contributed by atoms with E-state index in [-0.39, 0.29) is 21.2 Å². The molecule has 0 amide bonds. The van der Waals surface area contributed by atoms with Crippen molar-refractivity contribution in [3.8, 4) is 0 Å². The molecule has 0 saturated heterocycles. The van der Waals surface area contributed by atoms with E-state index >= 15 is 0 Å². The second-order valence-corrected chi connectivity index (χ2v) is 9.14. The lowest BCUT2D eigenvalue weighted by molar-refractivity contribution is -0.597. The van der Waals surface area contributed by atoms with Crippen molar-refractivity contribution in [3.05, 3.63) is 65.7 Å². The molecule has 126 valence electrons. The van der Waals surface area contributed by atoms with Gasteiger partial charge in [0.25, 0.3) is 0 Å². The third-order valence-corrected chi connectivity index (χ3v) is 5.86. The monoisotopic (exact) mass is 498 g/mol. The van der Waals surface area contributed by atoms with E-state index in [1.54, 1.807) is 0 Å². The minimum Gasteiger partial charge on any atom is -0.741 e. The lowest BCUT2D eigenvalue weighted by atomic mass is 10.4. The largest absolute Gasteiger partial charge is 0.741 e. The Bertz CT molecular complexity index is 689. The van der Waals surface area contributed by atoms with Gasteiger partial charge in [-0.15, -0.1) is 0 Å². The standard InChI is InChI=1S/C12H8Cl2I.CHF3O3S/c13-9-1-5-11(6-2-9)15-12-7-3-10(14)4-8-12;2-1(3,4)8(5,6)7/h1-8H;(H,5,6,7)/q+1;/p-1. The summed E-state index contributed by atoms with van der Waals surface area (Å²) >= 11 is 11.5. The third kappa shape index (κ3) is 7.71. The van der Waals surface area contributed by atoms with Gasteiger partial charge in [0, 0.05) is 10.0 Å². The Morgan fingerprint density at radius 3 is 1.30 bits per heavy atom. The van der Waals surface area contributed by atoms with Crippen molar-refractivity contribution >= 4 is 33.3 Å². The van der Waals surface area contributed by atoms with Crippen LogP contribution in [0.3, 0.4) is 0 Å². The Hall–Kier alpha value is -0.550. The van der Waals surface area contributed by atoms with E-state index in [9.17, 15) is 13.2 Å². The molecule has 2 aromatic rings. The third-order valence-electron chi connectivity index (χ3n) is 2.11. The second kappa shape index (κ2) is 8.52. The van der Waals surface area contributed by atoms with E-state index in [1.165, 1.54) is 7.14 Å². The molecule has 0 radical (unpaired) electrons. The molecule has 0 saturated carbocycles. The first kappa shape index (κ1) is 20.5. The van der Waals surface area contributed by atoms with Crippen molar-refractivity contribution in [1.29, 1.82) is 0 Å². The normalized spacial score (nSPS) is 11.6. The van der Waals surface area contributed by atoms with E-state index in [0.717, 1.165) is 10.0 Å². The highest BCUT2D eigenvalue weighted by molar-refractivity contribution is 7.86. The number of benzene rings is 2. The summed E-state index contributed by atoms with van der Waals surface area (Å²) in [7, 11) is -6.09. The molecule has 23 heavy (non-hydrogen) atoms. The van der Waals surface area contributed by atoms with Crippen LogP contribution in [0.15, 0.2) is 48.5 Å². The zero-order valence-corrected chi connectivity index (χ0v) is 15.5. The molecule has 0 atom stereocenters. The summed E-state index contributed by atoms with van der Waals surface area (Å²) in [6.07, 6.45) is 0. The summed E-state index contributed by atoms with van der Waals surface area (Å²) in [6.45, 7) is 0. The SMILES string of the molecule is Clc1ccc([I+]c2ccc(Cl)cc2)cc1.O=S(=O)([O-])C(F)(F)F. The summed E-state index contributed by atoms with van der Waals surface area (Å²) in [6, 6.07) is 16.1. The first-order chi connectivity index (χ1) is 10.5. The van der Waals surface area contributed by atoms with Gasteiger partial charge in [0.2, 0.25) is 0 Å². The van der Waals surface area contributed by atoms with E-state index in [0.29, 0.717) is 0 Å². The highest BCUT2D eigenvalue weighted by Crippen LogP contribution is 2.20. The fourth-order valence-corrected chi connectivity index (χ4v) is 3.52. The lowest BCUT2D eigenvalue weighted by Gasteiger charge is -2.08. The molecule has 0 aromatic heterocycles. The molecule has 2 rings (SSSR count). The summed E-state index contributed by atoms with van der Waals surface area (Å²) in [4.78, 5) is 0. The van der Waals surface area contributed by atoms with E-state index in [1.807, 2.05) is 24.3 Å². The van der Waals surface area contributed by atoms with Crippen LogP contribution in [0.25, 0.3) is 0 Å². The fourth-order valence-electron chi connectivity index (χ4n) is 1.11. The molecule has 0 aliphatic rings. The smallest absolute Gasteiger partial charge is 0.485 e. The predicted octanol–water partition coefficient (Wildman–Crippen LogP) is 1.17. The maximum absolute atomic E-state index is 10.7. The van der Waals surface area contributed by atoms with Crippen molar-refractivity contribution < 1.29 is 47.3 Å². The zero-order valence-electron chi connectivity index (χ0n) is 11.0. The van der Waals surface area contributed by atoms with Gasteiger partial charge in [0.15, 0.2) is 17.3 Å². The molecule has 2 aromatic carbocycles. The van der Waals surface area contributed by atoms with Crippen LogP contribution in [-0.4, -0.2) is 18.5 Å². The summed E-state index contributed by atoms with van der Waals surface area (Å²) in [5.41, 5.74) is -5.65. The van der Waals surface area contributed by atoms with Gasteiger partial charge in [-0.2, -0.15) is 13.2 Å². The molecule has 0 spiro atoms. The van der Waals surface area contributed by atoms with Crippen molar-refractivity contribution in [2.24, 2.45) is 0 Å². The van der Waals surface area contributed by atoms with Crippen LogP contribution in [-0.2, 0) is 10.1 Å². The van der Waals surface area contributed by atoms with Gasteiger partial charge >= 0.3 is 26.7 Å². The van der Waals surface area contributed by atoms with Crippen molar-refractivity contribution in [1.82, 2.24) is 0 Å². The molecule has 0 aliphatic carbocycles. The quantitative estimate of drug-likeness (QED) is 0.355. The molecule has 0 aliphatic heterocycles. The Labute approximate surface area is 151 Å². The van der Waals surface area contributed by atoms with E-state index in [4.69, 9.17) is 36.2 Å². The highest BCUT2D eigenvalue weighted by Gasteiger charge is 2.36. The Morgan fingerprint density at radius 2 is 1.09 bits per heavy atom. The van der Waals surface area contributed by atoms with Crippen LogP contribution in [0, 0.1) is 7.14 Å². The van der Waals surface area contributed by atoms with Gasteiger partial charge in [0.1, 0.15) is 0 Å². The Morgan fingerprint density at radius 1 is 0.826 bits per heavy atom. The van der Waals surface area contributed by atoms with Crippen molar-refractivity contribution in [3.63, 3.8) is 0 Å². The van der Waals surface area contributed by atoms with Gasteiger partial charge < -0.3 is 4.55 Å². The van der Waals surface area contributed by atoms with Gasteiger partial charge in [0.05, 0.1) is 0 Å². The van der Waals surface area contributed by atoms with Gasteiger partial charge in [-0.1, -0.05) is 23.2 Å². The van der Waals surface area contributed by atoms with Crippen molar-refractivity contribution in [2.45, 2.75) is 5.51 Å². The number of rotatable bonds is 2. The molecular formula is C13H8Cl2F3IO3S. The van der Waals surface area contributed by atoms with Crippen LogP contribution >= 0.6 is 23.2 Å². The maximum Gasteiger partial charge on any atom is 0.485 e. The lowest BCUT2D eigenvalue weighted by Crippen LogP contribution is -3.61. The molecule has 0 fully saturated rings. The molecule has 0 bridgehead atoms. The van der Waals surface area contributed by atoms with Crippen molar-refractivity contribution in [2.75, 3.05) is 0 Å². The molecule has 10 heteroatoms.